The lowest BCUT2D eigenvalue weighted by Crippen LogP contribution is -2.49. The van der Waals surface area contributed by atoms with E-state index < -0.39 is 0 Å². The van der Waals surface area contributed by atoms with Gasteiger partial charge in [0, 0.05) is 38.5 Å². The van der Waals surface area contributed by atoms with E-state index in [4.69, 9.17) is 15.2 Å². The molecule has 150 valence electrons. The van der Waals surface area contributed by atoms with E-state index in [-0.39, 0.29) is 17.9 Å². The third-order valence-corrected chi connectivity index (χ3v) is 4.93. The van der Waals surface area contributed by atoms with E-state index in [9.17, 15) is 9.59 Å². The number of nitrogens with two attached hydrogens (primary N) is 1. The van der Waals surface area contributed by atoms with Gasteiger partial charge in [-0.2, -0.15) is 0 Å². The van der Waals surface area contributed by atoms with Crippen molar-refractivity contribution in [3.8, 4) is 11.5 Å². The lowest BCUT2D eigenvalue weighted by Gasteiger charge is -2.36. The fraction of sp³-hybridized carbons (Fsp3) is 0.600. The molecule has 2 rings (SSSR count). The van der Waals surface area contributed by atoms with E-state index in [1.54, 1.807) is 14.2 Å². The topological polar surface area (TPSA) is 93.9 Å². The van der Waals surface area contributed by atoms with Crippen LogP contribution in [-0.2, 0) is 16.0 Å². The predicted octanol–water partition coefficient (Wildman–Crippen LogP) is 1.48. The summed E-state index contributed by atoms with van der Waals surface area (Å²) in [4.78, 5) is 26.4. The van der Waals surface area contributed by atoms with Gasteiger partial charge in [0.25, 0.3) is 0 Å². The van der Waals surface area contributed by atoms with Crippen LogP contribution in [0.4, 0.5) is 0 Å². The second-order valence-electron chi connectivity index (χ2n) is 6.77. The number of carbonyl (C=O) groups is 2. The van der Waals surface area contributed by atoms with Gasteiger partial charge in [-0.05, 0) is 43.4 Å². The van der Waals surface area contributed by atoms with Crippen LogP contribution >= 0.6 is 0 Å². The zero-order valence-electron chi connectivity index (χ0n) is 16.3. The van der Waals surface area contributed by atoms with Gasteiger partial charge in [0.05, 0.1) is 14.2 Å². The molecule has 0 radical (unpaired) electrons. The Kier molecular flexibility index (Phi) is 8.39. The van der Waals surface area contributed by atoms with Crippen molar-refractivity contribution in [1.82, 2.24) is 10.2 Å². The monoisotopic (exact) mass is 377 g/mol. The second kappa shape index (κ2) is 10.8. The summed E-state index contributed by atoms with van der Waals surface area (Å²) in [5, 5.41) is 2.90. The number of aryl methyl sites for hydroxylation is 1. The molecular formula is C20H31N3O4. The number of methoxy groups -OCH3 is 2. The molecule has 1 aromatic carbocycles. The highest BCUT2D eigenvalue weighted by Crippen LogP contribution is 2.28. The van der Waals surface area contributed by atoms with Crippen LogP contribution in [0.3, 0.4) is 0 Å². The Bertz CT molecular complexity index is 636. The highest BCUT2D eigenvalue weighted by Gasteiger charge is 2.26. The zero-order chi connectivity index (χ0) is 19.6. The molecule has 1 unspecified atom stereocenters. The van der Waals surface area contributed by atoms with Crippen molar-refractivity contribution >= 4 is 11.8 Å². The molecule has 27 heavy (non-hydrogen) atoms. The van der Waals surface area contributed by atoms with E-state index in [0.717, 1.165) is 31.4 Å². The van der Waals surface area contributed by atoms with Gasteiger partial charge in [-0.3, -0.25) is 9.59 Å². The molecule has 3 N–H and O–H groups in total. The van der Waals surface area contributed by atoms with Crippen molar-refractivity contribution in [2.75, 3.05) is 33.9 Å². The molecule has 1 atom stereocenters. The van der Waals surface area contributed by atoms with Gasteiger partial charge in [0.1, 0.15) is 0 Å². The maximum absolute atomic E-state index is 12.8. The smallest absolute Gasteiger partial charge is 0.223 e. The van der Waals surface area contributed by atoms with E-state index in [1.807, 2.05) is 23.1 Å². The van der Waals surface area contributed by atoms with E-state index in [0.29, 0.717) is 43.9 Å². The van der Waals surface area contributed by atoms with Gasteiger partial charge in [0.2, 0.25) is 11.8 Å². The quantitative estimate of drug-likeness (QED) is 0.680. The molecule has 2 amide bonds. The van der Waals surface area contributed by atoms with Gasteiger partial charge >= 0.3 is 0 Å². The summed E-state index contributed by atoms with van der Waals surface area (Å²) in [5.41, 5.74) is 6.44. The summed E-state index contributed by atoms with van der Waals surface area (Å²) in [6.45, 7) is 1.59. The number of benzene rings is 1. The van der Waals surface area contributed by atoms with Crippen LogP contribution in [0.5, 0.6) is 11.5 Å². The summed E-state index contributed by atoms with van der Waals surface area (Å²) in [5.74, 6) is 1.42. The summed E-state index contributed by atoms with van der Waals surface area (Å²) in [6.07, 6.45) is 4.40. The Morgan fingerprint density at radius 2 is 1.96 bits per heavy atom. The van der Waals surface area contributed by atoms with E-state index >= 15 is 0 Å². The standard InChI is InChI=1S/C20H31N3O4/c1-26-17-8-6-15(13-18(17)27-2)7-9-20(25)23-12-4-3-5-16(23)14-22-19(24)10-11-21/h6,8,13,16H,3-5,7,9-12,14,21H2,1-2H3,(H,22,24). The van der Waals surface area contributed by atoms with Crippen LogP contribution in [0.25, 0.3) is 0 Å². The average molecular weight is 377 g/mol. The Balaban J connectivity index is 1.91. The summed E-state index contributed by atoms with van der Waals surface area (Å²) in [6, 6.07) is 5.79. The average Bonchev–Trinajstić information content (AvgIpc) is 2.70. The van der Waals surface area contributed by atoms with Gasteiger partial charge in [0.15, 0.2) is 11.5 Å². The third kappa shape index (κ3) is 6.13. The molecule has 0 aromatic heterocycles. The number of ether oxygens (including phenoxy) is 2. The molecule has 0 saturated carbocycles. The fourth-order valence-electron chi connectivity index (χ4n) is 3.42. The molecule has 1 heterocycles. The molecule has 1 aliphatic heterocycles. The first kappa shape index (κ1) is 21.0. The molecule has 1 fully saturated rings. The van der Waals surface area contributed by atoms with Gasteiger partial charge in [-0.15, -0.1) is 0 Å². The molecular weight excluding hydrogens is 346 g/mol. The van der Waals surface area contributed by atoms with Crippen LogP contribution in [0, 0.1) is 0 Å². The molecule has 1 aliphatic rings. The largest absolute Gasteiger partial charge is 0.493 e. The number of nitrogens with zero attached hydrogens (tertiary/aromatic N) is 1. The first-order chi connectivity index (χ1) is 13.1. The number of likely N-dealkylation sites (tertiary alicyclic amines) is 1. The Morgan fingerprint density at radius 3 is 2.67 bits per heavy atom. The number of rotatable bonds is 9. The number of amides is 2. The summed E-state index contributed by atoms with van der Waals surface area (Å²) < 4.78 is 10.6. The van der Waals surface area contributed by atoms with Crippen LogP contribution < -0.4 is 20.5 Å². The van der Waals surface area contributed by atoms with Crippen molar-refractivity contribution in [1.29, 1.82) is 0 Å². The van der Waals surface area contributed by atoms with Crippen LogP contribution in [0.1, 0.15) is 37.7 Å². The highest BCUT2D eigenvalue weighted by molar-refractivity contribution is 5.78. The summed E-state index contributed by atoms with van der Waals surface area (Å²) in [7, 11) is 3.20. The van der Waals surface area contributed by atoms with E-state index in [1.165, 1.54) is 0 Å². The third-order valence-electron chi connectivity index (χ3n) is 4.93. The lowest BCUT2D eigenvalue weighted by atomic mass is 10.0. The van der Waals surface area contributed by atoms with Crippen molar-refractivity contribution in [3.63, 3.8) is 0 Å². The lowest BCUT2D eigenvalue weighted by molar-refractivity contribution is -0.135. The minimum Gasteiger partial charge on any atom is -0.493 e. The summed E-state index contributed by atoms with van der Waals surface area (Å²) >= 11 is 0. The molecule has 1 aromatic rings. The number of nitrogens with one attached hydrogen (secondary N) is 1. The van der Waals surface area contributed by atoms with Crippen molar-refractivity contribution < 1.29 is 19.1 Å². The maximum Gasteiger partial charge on any atom is 0.223 e. The van der Waals surface area contributed by atoms with Crippen molar-refractivity contribution in [2.24, 2.45) is 5.73 Å². The Labute approximate surface area is 161 Å². The van der Waals surface area contributed by atoms with Gasteiger partial charge in [-0.25, -0.2) is 0 Å². The molecule has 0 spiro atoms. The van der Waals surface area contributed by atoms with Crippen LogP contribution in [-0.4, -0.2) is 56.6 Å². The second-order valence-corrected chi connectivity index (χ2v) is 6.77. The first-order valence-electron chi connectivity index (χ1n) is 9.56. The van der Waals surface area contributed by atoms with E-state index in [2.05, 4.69) is 5.32 Å². The number of hydrogen-bond acceptors (Lipinski definition) is 5. The molecule has 1 saturated heterocycles. The Morgan fingerprint density at radius 1 is 1.19 bits per heavy atom. The number of piperidine rings is 1. The van der Waals surface area contributed by atoms with Crippen molar-refractivity contribution in [3.05, 3.63) is 23.8 Å². The van der Waals surface area contributed by atoms with Gasteiger partial charge in [-0.1, -0.05) is 6.07 Å². The number of carbonyl (C=O) groups excluding carboxylic acids is 2. The zero-order valence-corrected chi connectivity index (χ0v) is 16.3. The first-order valence-corrected chi connectivity index (χ1v) is 9.56. The fourth-order valence-corrected chi connectivity index (χ4v) is 3.42. The Hall–Kier alpha value is -2.28. The molecule has 0 bridgehead atoms. The molecule has 7 nitrogen and oxygen atoms in total. The van der Waals surface area contributed by atoms with Crippen LogP contribution in [0.2, 0.25) is 0 Å². The minimum absolute atomic E-state index is 0.0548. The predicted molar refractivity (Wildman–Crippen MR) is 104 cm³/mol. The minimum atomic E-state index is -0.0548. The van der Waals surface area contributed by atoms with Crippen LogP contribution in [0.15, 0.2) is 18.2 Å². The normalized spacial score (nSPS) is 16.7. The van der Waals surface area contributed by atoms with Gasteiger partial charge < -0.3 is 25.4 Å². The van der Waals surface area contributed by atoms with Crippen molar-refractivity contribution in [2.45, 2.75) is 44.6 Å². The maximum atomic E-state index is 12.8. The SMILES string of the molecule is COc1ccc(CCC(=O)N2CCCCC2CNC(=O)CCN)cc1OC. The molecule has 7 heteroatoms. The molecule has 0 aliphatic carbocycles. The number of hydrogen-bond donors (Lipinski definition) is 2. The highest BCUT2D eigenvalue weighted by atomic mass is 16.5.